The summed E-state index contributed by atoms with van der Waals surface area (Å²) in [7, 11) is 14.0. The van der Waals surface area contributed by atoms with Gasteiger partial charge in [-0.2, -0.15) is 19.9 Å². The third-order valence-electron chi connectivity index (χ3n) is 8.74. The highest BCUT2D eigenvalue weighted by atomic mass is 16.6. The van der Waals surface area contributed by atoms with Crippen molar-refractivity contribution in [3.63, 3.8) is 0 Å². The summed E-state index contributed by atoms with van der Waals surface area (Å²) in [5, 5.41) is 47.8. The third-order valence-corrected chi connectivity index (χ3v) is 8.74. The lowest BCUT2D eigenvalue weighted by molar-refractivity contribution is -0.383. The maximum Gasteiger partial charge on any atom is 0.453 e. The SMILES string of the molecule is C.CC(C)(C)OC(=O)N=NC(=O)OC(C)(C)C.CCOC(=O)N(Cc1cccc(O)c1)c1nc(OCCOCCO)nc(N)c1[N+](=O)[O-].CCOC(=O)N1Cc2cccc(c2)OCCOCCOc2nc(N)c([N+](=O)[O-])c1n2.[B]B([B])[B]. The monoisotopic (exact) mass is 1150 g/mol. The number of hydrogen-bond donors (Lipinski definition) is 4. The van der Waals surface area contributed by atoms with Gasteiger partial charge >= 0.3 is 47.8 Å². The van der Waals surface area contributed by atoms with Crippen molar-refractivity contribution in [1.82, 2.24) is 19.9 Å². The van der Waals surface area contributed by atoms with Gasteiger partial charge in [-0.15, -0.1) is 0 Å². The number of fused-ring (bicyclic) bond motifs is 4. The summed E-state index contributed by atoms with van der Waals surface area (Å²) in [6.45, 7) is 14.1. The molecule has 1 aliphatic heterocycles. The fraction of sp³-hybridized carbons (Fsp3) is 0.489. The third kappa shape index (κ3) is 27.5. The Kier molecular flexibility index (Phi) is 31.3. The summed E-state index contributed by atoms with van der Waals surface area (Å²) >= 11 is 0. The molecule has 1 aliphatic rings. The van der Waals surface area contributed by atoms with E-state index in [1.807, 2.05) is 0 Å². The topological polar surface area (TPSA) is 413 Å². The van der Waals surface area contributed by atoms with Crippen LogP contribution in [0.3, 0.4) is 0 Å². The van der Waals surface area contributed by atoms with E-state index in [1.165, 1.54) is 12.1 Å². The summed E-state index contributed by atoms with van der Waals surface area (Å²) in [5.74, 6) is -1.19. The predicted octanol–water partition coefficient (Wildman–Crippen LogP) is 5.56. The van der Waals surface area contributed by atoms with Gasteiger partial charge in [0.25, 0.3) is 0 Å². The van der Waals surface area contributed by atoms with Gasteiger partial charge in [0, 0.05) is 29.6 Å². The van der Waals surface area contributed by atoms with Crippen LogP contribution in [0.25, 0.3) is 0 Å². The minimum Gasteiger partial charge on any atom is -0.508 e. The maximum absolute atomic E-state index is 12.7. The molecule has 440 valence electrons. The Hall–Kier alpha value is -8.58. The molecule has 31 nitrogen and oxygen atoms in total. The molecule has 6 radical (unpaired) electrons. The summed E-state index contributed by atoms with van der Waals surface area (Å²) in [6, 6.07) is 12.4. The smallest absolute Gasteiger partial charge is 0.453 e. The number of rotatable bonds is 13. The average molecular weight is 1150 g/mol. The predicted molar refractivity (Wildman–Crippen MR) is 299 cm³/mol. The second-order valence-electron chi connectivity index (χ2n) is 17.8. The Labute approximate surface area is 477 Å². The molecule has 0 spiro atoms. The van der Waals surface area contributed by atoms with Crippen LogP contribution < -0.4 is 35.5 Å². The molecule has 0 saturated heterocycles. The van der Waals surface area contributed by atoms with E-state index in [0.717, 1.165) is 9.80 Å². The van der Waals surface area contributed by atoms with Crippen molar-refractivity contribution in [2.24, 2.45) is 10.2 Å². The van der Waals surface area contributed by atoms with Crippen LogP contribution in [0, 0.1) is 20.2 Å². The molecule has 0 aliphatic carbocycles. The lowest BCUT2D eigenvalue weighted by Crippen LogP contribution is -2.33. The molecule has 0 atom stereocenters. The number of carbonyl (C=O) groups excluding carboxylic acids is 4. The first-order valence-corrected chi connectivity index (χ1v) is 24.3. The first kappa shape index (κ1) is 71.4. The zero-order valence-electron chi connectivity index (χ0n) is 45.9. The van der Waals surface area contributed by atoms with Gasteiger partial charge in [0.2, 0.25) is 23.3 Å². The van der Waals surface area contributed by atoms with Crippen LogP contribution in [0.2, 0.25) is 0 Å². The van der Waals surface area contributed by atoms with Crippen LogP contribution in [0.5, 0.6) is 23.5 Å². The highest BCUT2D eigenvalue weighted by molar-refractivity contribution is 7.49. The number of carbonyl (C=O) groups is 4. The molecule has 2 aromatic carbocycles. The van der Waals surface area contributed by atoms with Crippen molar-refractivity contribution in [3.05, 3.63) is 79.9 Å². The molecule has 0 unspecified atom stereocenters. The molecule has 4 aromatic rings. The number of nitrogens with two attached hydrogens (primary N) is 2. The number of aliphatic hydroxyl groups excluding tert-OH is 1. The van der Waals surface area contributed by atoms with Crippen molar-refractivity contribution in [1.29, 1.82) is 0 Å². The maximum atomic E-state index is 12.7. The fourth-order valence-corrected chi connectivity index (χ4v) is 5.86. The highest BCUT2D eigenvalue weighted by Gasteiger charge is 2.34. The molecule has 35 heteroatoms. The quantitative estimate of drug-likeness (QED) is 0.0318. The van der Waals surface area contributed by atoms with Crippen molar-refractivity contribution < 1.29 is 81.9 Å². The summed E-state index contributed by atoms with van der Waals surface area (Å²) in [5.41, 5.74) is 9.98. The molecular formula is C47H66B4N12O19. The van der Waals surface area contributed by atoms with E-state index in [2.05, 4.69) is 53.4 Å². The molecule has 5 rings (SSSR count). The number of nitro groups is 2. The number of phenols is 1. The molecule has 4 amide bonds. The van der Waals surface area contributed by atoms with Crippen molar-refractivity contribution in [2.75, 3.05) is 87.3 Å². The number of nitrogens with zero attached hydrogens (tertiary/aromatic N) is 10. The van der Waals surface area contributed by atoms with Gasteiger partial charge in [-0.05, 0) is 90.8 Å². The van der Waals surface area contributed by atoms with Crippen LogP contribution in [-0.4, -0.2) is 171 Å². The summed E-state index contributed by atoms with van der Waals surface area (Å²) < 4.78 is 46.5. The second kappa shape index (κ2) is 35.9. The minimum absolute atomic E-state index is 0. The number of aromatic hydroxyl groups is 1. The number of benzene rings is 2. The zero-order chi connectivity index (χ0) is 60.9. The summed E-state index contributed by atoms with van der Waals surface area (Å²) in [6.07, 6.45) is -4.25. The van der Waals surface area contributed by atoms with Gasteiger partial charge in [-0.3, -0.25) is 30.0 Å². The molecule has 4 bridgehead atoms. The molecule has 82 heavy (non-hydrogen) atoms. The van der Waals surface area contributed by atoms with Crippen LogP contribution in [-0.2, 0) is 41.5 Å². The number of ether oxygens (including phenoxy) is 9. The number of aliphatic hydroxyl groups is 1. The fourth-order valence-electron chi connectivity index (χ4n) is 5.86. The minimum atomic E-state index is -0.918. The van der Waals surface area contributed by atoms with E-state index in [-0.39, 0.29) is 97.0 Å². The van der Waals surface area contributed by atoms with E-state index < -0.39 is 80.6 Å². The largest absolute Gasteiger partial charge is 0.508 e. The van der Waals surface area contributed by atoms with Crippen molar-refractivity contribution >= 4 is 88.6 Å². The van der Waals surface area contributed by atoms with E-state index in [1.54, 1.807) is 91.8 Å². The van der Waals surface area contributed by atoms with Gasteiger partial charge in [-0.25, -0.2) is 19.2 Å². The number of phenolic OH excluding ortho intramolecular Hbond substituents is 1. The van der Waals surface area contributed by atoms with Crippen LogP contribution in [0.1, 0.15) is 73.9 Å². The highest BCUT2D eigenvalue weighted by Crippen LogP contribution is 2.36. The van der Waals surface area contributed by atoms with Crippen molar-refractivity contribution in [2.45, 2.75) is 87.1 Å². The standard InChI is InChI=1S/C18H23N5O8.C18H21N5O7.C10H18N2O4.CH4.B4/c1-2-30-18(26)22(11-12-4-3-5-13(25)10-12)16-14(23(27)28)15(19)20-17(21-16)31-9-8-29-7-6-24;1-2-28-18(24)22-11-12-4-3-5-13(10-12)29-8-6-27-7-9-30-17-20-15(19)14(23(25)26)16(22)21-17;1-9(2,3)15-7(13)11-12-8(14)16-10(4,5)6;;1-4(2)3/h3-5,10,24-25H,2,6-9,11H2,1H3,(H2,19,20,21);3-5,10H,2,6-9,11H2,1H3,(H2,19,20,21);1-6H3;1H4;. The number of nitrogen functional groups attached to an aromatic ring is 2. The Morgan fingerprint density at radius 1 is 0.793 bits per heavy atom. The Morgan fingerprint density at radius 3 is 1.91 bits per heavy atom. The van der Waals surface area contributed by atoms with Gasteiger partial charge in [-0.1, -0.05) is 41.9 Å². The number of anilines is 4. The lowest BCUT2D eigenvalue weighted by atomic mass is 9.08. The van der Waals surface area contributed by atoms with E-state index in [9.17, 15) is 44.5 Å². The van der Waals surface area contributed by atoms with Crippen LogP contribution >= 0.6 is 0 Å². The molecule has 0 saturated carbocycles. The van der Waals surface area contributed by atoms with Gasteiger partial charge in [0.15, 0.2) is 0 Å². The molecule has 0 fully saturated rings. The Balaban J connectivity index is 0.000000619. The number of hydrogen-bond acceptors (Lipinski definition) is 25. The molecular weight excluding hydrogens is 1080 g/mol. The lowest BCUT2D eigenvalue weighted by Gasteiger charge is -2.21. The number of azo groups is 1. The van der Waals surface area contributed by atoms with Gasteiger partial charge < -0.3 is 64.3 Å². The first-order valence-electron chi connectivity index (χ1n) is 24.3. The van der Waals surface area contributed by atoms with E-state index in [4.69, 9.17) is 59.2 Å². The van der Waals surface area contributed by atoms with Gasteiger partial charge in [0.05, 0.1) is 69.2 Å². The second-order valence-corrected chi connectivity index (χ2v) is 17.8. The molecule has 2 aromatic heterocycles. The number of aromatic nitrogens is 4. The van der Waals surface area contributed by atoms with Crippen molar-refractivity contribution in [3.8, 4) is 23.5 Å². The van der Waals surface area contributed by atoms with Gasteiger partial charge in [0.1, 0.15) is 42.5 Å². The Bertz CT molecular complexity index is 2710. The zero-order valence-corrected chi connectivity index (χ0v) is 45.9. The summed E-state index contributed by atoms with van der Waals surface area (Å²) in [4.78, 5) is 86.6. The Morgan fingerprint density at radius 2 is 1.37 bits per heavy atom. The molecule has 6 N–H and O–H groups in total. The van der Waals surface area contributed by atoms with E-state index >= 15 is 0 Å². The first-order chi connectivity index (χ1) is 38.1. The molecule has 3 heterocycles. The number of amides is 4. The normalized spacial score (nSPS) is 12.0. The van der Waals surface area contributed by atoms with E-state index in [0.29, 0.717) is 30.1 Å². The average Bonchev–Trinajstić information content (AvgIpc) is 3.38. The van der Waals surface area contributed by atoms with Crippen LogP contribution in [0.15, 0.2) is 58.8 Å². The van der Waals surface area contributed by atoms with Crippen LogP contribution in [0.4, 0.5) is 53.8 Å².